The summed E-state index contributed by atoms with van der Waals surface area (Å²) in [5, 5.41) is 0. The third-order valence-corrected chi connectivity index (χ3v) is 14.9. The molecule has 0 saturated carbocycles. The minimum Gasteiger partial charge on any atom is -0.311 e. The second-order valence-corrected chi connectivity index (χ2v) is 18.3. The Bertz CT molecular complexity index is 3600. The Morgan fingerprint density at radius 3 is 1.07 bits per heavy atom. The lowest BCUT2D eigenvalue weighted by molar-refractivity contribution is 0.626. The molecule has 0 amide bonds. The van der Waals surface area contributed by atoms with Crippen molar-refractivity contribution >= 4 is 17.1 Å². The van der Waals surface area contributed by atoms with Crippen LogP contribution in [-0.2, 0) is 10.8 Å². The SMILES string of the molecule is c1ccc(-c2ccc(-c3ccc(-c4ccc(N(c5ccccc5)c5ccc(C6(c7ccccc7)c7ccccc7C7(c8ccccc8)c8ccccc8-c8cccc6c87)cc5)cc4)cc3)cc2)cc1. The number of anilines is 3. The van der Waals surface area contributed by atoms with Crippen molar-refractivity contribution in [3.8, 4) is 44.5 Å². The molecule has 69 heavy (non-hydrogen) atoms. The van der Waals surface area contributed by atoms with Gasteiger partial charge in [0.15, 0.2) is 0 Å². The minimum atomic E-state index is -0.609. The Morgan fingerprint density at radius 2 is 0.536 bits per heavy atom. The molecule has 11 aromatic rings. The molecule has 2 aliphatic rings. The van der Waals surface area contributed by atoms with Gasteiger partial charge in [0.1, 0.15) is 0 Å². The highest BCUT2D eigenvalue weighted by atomic mass is 15.1. The molecule has 1 heteroatoms. The number of para-hydroxylation sites is 1. The largest absolute Gasteiger partial charge is 0.311 e. The summed E-state index contributed by atoms with van der Waals surface area (Å²) >= 11 is 0. The van der Waals surface area contributed by atoms with Crippen molar-refractivity contribution < 1.29 is 0 Å². The van der Waals surface area contributed by atoms with E-state index in [2.05, 4.69) is 290 Å². The highest BCUT2D eigenvalue weighted by Crippen LogP contribution is 2.65. The molecule has 0 bridgehead atoms. The molecule has 0 N–H and O–H groups in total. The summed E-state index contributed by atoms with van der Waals surface area (Å²) in [5.41, 5.74) is 22.5. The third-order valence-electron chi connectivity index (χ3n) is 14.9. The van der Waals surface area contributed by atoms with Gasteiger partial charge in [0.05, 0.1) is 10.8 Å². The smallest absolute Gasteiger partial charge is 0.0720 e. The summed E-state index contributed by atoms with van der Waals surface area (Å²) in [6.45, 7) is 0. The number of nitrogens with zero attached hydrogens (tertiary/aromatic N) is 1. The van der Waals surface area contributed by atoms with Gasteiger partial charge in [-0.25, -0.2) is 0 Å². The van der Waals surface area contributed by atoms with Gasteiger partial charge in [0.2, 0.25) is 0 Å². The zero-order chi connectivity index (χ0) is 45.8. The Hall–Kier alpha value is -8.78. The van der Waals surface area contributed by atoms with Gasteiger partial charge in [0.25, 0.3) is 0 Å². The fourth-order valence-electron chi connectivity index (χ4n) is 11.9. The fraction of sp³-hybridized carbons (Fsp3) is 0.0294. The predicted octanol–water partition coefficient (Wildman–Crippen LogP) is 17.2. The van der Waals surface area contributed by atoms with Gasteiger partial charge in [0, 0.05) is 17.1 Å². The topological polar surface area (TPSA) is 3.24 Å². The summed E-state index contributed by atoms with van der Waals surface area (Å²) in [6.07, 6.45) is 0. The number of fused-ring (bicyclic) bond motifs is 5. The van der Waals surface area contributed by atoms with Crippen molar-refractivity contribution in [3.05, 3.63) is 330 Å². The molecule has 0 radical (unpaired) electrons. The van der Waals surface area contributed by atoms with Crippen LogP contribution in [0.5, 0.6) is 0 Å². The second kappa shape index (κ2) is 16.5. The van der Waals surface area contributed by atoms with Crippen LogP contribution in [0.4, 0.5) is 17.1 Å². The Labute approximate surface area is 404 Å². The van der Waals surface area contributed by atoms with Crippen molar-refractivity contribution in [3.63, 3.8) is 0 Å². The molecule has 0 fully saturated rings. The van der Waals surface area contributed by atoms with Crippen molar-refractivity contribution in [2.45, 2.75) is 10.8 Å². The number of rotatable bonds is 9. The van der Waals surface area contributed by atoms with Crippen molar-refractivity contribution in [2.24, 2.45) is 0 Å². The van der Waals surface area contributed by atoms with E-state index < -0.39 is 10.8 Å². The molecule has 2 unspecified atom stereocenters. The number of hydrogen-bond donors (Lipinski definition) is 0. The maximum atomic E-state index is 2.41. The first-order chi connectivity index (χ1) is 34.2. The molecule has 13 rings (SSSR count). The van der Waals surface area contributed by atoms with E-state index in [0.717, 1.165) is 17.1 Å². The van der Waals surface area contributed by atoms with Crippen molar-refractivity contribution in [1.82, 2.24) is 0 Å². The van der Waals surface area contributed by atoms with E-state index in [0.29, 0.717) is 0 Å². The van der Waals surface area contributed by atoms with Crippen molar-refractivity contribution in [1.29, 1.82) is 0 Å². The van der Waals surface area contributed by atoms with Crippen LogP contribution in [0.2, 0.25) is 0 Å². The van der Waals surface area contributed by atoms with Gasteiger partial charge in [-0.05, 0) is 125 Å². The molecule has 0 spiro atoms. The third kappa shape index (κ3) is 6.32. The molecular formula is C68H47N. The minimum absolute atomic E-state index is 0.480. The molecule has 0 aromatic heterocycles. The van der Waals surface area contributed by atoms with Crippen LogP contribution in [-0.4, -0.2) is 0 Å². The van der Waals surface area contributed by atoms with Gasteiger partial charge >= 0.3 is 0 Å². The lowest BCUT2D eigenvalue weighted by Gasteiger charge is -2.49. The molecular weight excluding hydrogens is 831 g/mol. The second-order valence-electron chi connectivity index (χ2n) is 18.3. The van der Waals surface area contributed by atoms with Crippen LogP contribution in [0.15, 0.2) is 285 Å². The van der Waals surface area contributed by atoms with Crippen LogP contribution in [0, 0.1) is 0 Å². The van der Waals surface area contributed by atoms with Gasteiger partial charge in [-0.15, -0.1) is 0 Å². The molecule has 11 aromatic carbocycles. The van der Waals surface area contributed by atoms with E-state index in [1.54, 1.807) is 0 Å². The van der Waals surface area contributed by atoms with Crippen molar-refractivity contribution in [2.75, 3.05) is 4.90 Å². The Morgan fingerprint density at radius 1 is 0.203 bits per heavy atom. The first-order valence-electron chi connectivity index (χ1n) is 24.0. The molecule has 0 aliphatic heterocycles. The lowest BCUT2D eigenvalue weighted by Crippen LogP contribution is -2.44. The van der Waals surface area contributed by atoms with Gasteiger partial charge in [-0.3, -0.25) is 0 Å². The monoisotopic (exact) mass is 877 g/mol. The highest BCUT2D eigenvalue weighted by molar-refractivity contribution is 5.92. The van der Waals surface area contributed by atoms with Crippen LogP contribution in [0.1, 0.15) is 44.5 Å². The van der Waals surface area contributed by atoms with Gasteiger partial charge in [-0.1, -0.05) is 249 Å². The van der Waals surface area contributed by atoms with E-state index in [1.165, 1.54) is 89.0 Å². The molecule has 0 saturated heterocycles. The van der Waals surface area contributed by atoms with E-state index in [1.807, 2.05) is 0 Å². The first kappa shape index (κ1) is 40.5. The normalized spacial score (nSPS) is 16.2. The first-order valence-corrected chi connectivity index (χ1v) is 24.0. The maximum absolute atomic E-state index is 2.41. The zero-order valence-electron chi connectivity index (χ0n) is 38.1. The van der Waals surface area contributed by atoms with Crippen LogP contribution in [0.25, 0.3) is 44.5 Å². The van der Waals surface area contributed by atoms with E-state index in [9.17, 15) is 0 Å². The zero-order valence-corrected chi connectivity index (χ0v) is 38.1. The van der Waals surface area contributed by atoms with Crippen LogP contribution < -0.4 is 4.90 Å². The Balaban J connectivity index is 0.908. The molecule has 1 nitrogen and oxygen atoms in total. The van der Waals surface area contributed by atoms with Gasteiger partial charge in [-0.2, -0.15) is 0 Å². The molecule has 324 valence electrons. The lowest BCUT2D eigenvalue weighted by atomic mass is 9.52. The van der Waals surface area contributed by atoms with E-state index in [-0.39, 0.29) is 0 Å². The van der Waals surface area contributed by atoms with Crippen LogP contribution >= 0.6 is 0 Å². The maximum Gasteiger partial charge on any atom is 0.0720 e. The summed E-state index contributed by atoms with van der Waals surface area (Å²) in [4.78, 5) is 2.37. The summed E-state index contributed by atoms with van der Waals surface area (Å²) in [7, 11) is 0. The standard InChI is InChI=1S/C68H47N/c1-5-18-48(19-6-1)49-32-34-50(35-33-49)51-36-38-52(39-37-51)53-40-44-58(45-41-53)69(57-24-11-4-12-25-57)59-46-42-56(43-47-59)67(54-20-7-2-8-21-54)63-29-15-16-30-64(63)68(55-22-9-3-10-23-55)62-28-14-13-26-60(62)61-27-17-31-65(67)66(61)68/h1-47H. The van der Waals surface area contributed by atoms with E-state index >= 15 is 0 Å². The van der Waals surface area contributed by atoms with E-state index in [4.69, 9.17) is 0 Å². The van der Waals surface area contributed by atoms with Crippen LogP contribution in [0.3, 0.4) is 0 Å². The summed E-state index contributed by atoms with van der Waals surface area (Å²) < 4.78 is 0. The predicted molar refractivity (Wildman–Crippen MR) is 287 cm³/mol. The average Bonchev–Trinajstić information content (AvgIpc) is 3.75. The highest BCUT2D eigenvalue weighted by Gasteiger charge is 2.57. The quantitative estimate of drug-likeness (QED) is 0.140. The Kier molecular flexibility index (Phi) is 9.70. The molecule has 2 atom stereocenters. The fourth-order valence-corrected chi connectivity index (χ4v) is 11.9. The average molecular weight is 878 g/mol. The summed E-state index contributed by atoms with van der Waals surface area (Å²) in [6, 6.07) is 105. The number of hydrogen-bond acceptors (Lipinski definition) is 1. The number of benzene rings is 11. The molecule has 2 aliphatic carbocycles. The molecule has 0 heterocycles. The summed E-state index contributed by atoms with van der Waals surface area (Å²) in [5.74, 6) is 0. The van der Waals surface area contributed by atoms with Gasteiger partial charge < -0.3 is 4.90 Å².